The van der Waals surface area contributed by atoms with Crippen molar-refractivity contribution in [3.05, 3.63) is 34.6 Å². The number of carbonyl (C=O) groups excluding carboxylic acids is 1. The minimum atomic E-state index is -2.24. The lowest BCUT2D eigenvalue weighted by atomic mass is 10.1. The molecule has 0 aliphatic carbocycles. The molecule has 16 heavy (non-hydrogen) atoms. The summed E-state index contributed by atoms with van der Waals surface area (Å²) < 4.78 is 63.9. The summed E-state index contributed by atoms with van der Waals surface area (Å²) in [6, 6.07) is -1.33. The Morgan fingerprint density at radius 1 is 0.938 bits per heavy atom. The topological polar surface area (TPSA) is 43.1 Å². The second kappa shape index (κ2) is 4.56. The fourth-order valence-electron chi connectivity index (χ4n) is 1.11. The summed E-state index contributed by atoms with van der Waals surface area (Å²) in [6.45, 7) is 0. The van der Waals surface area contributed by atoms with Crippen molar-refractivity contribution in [3.8, 4) is 0 Å². The molecule has 0 amide bonds. The summed E-state index contributed by atoms with van der Waals surface area (Å²) in [7, 11) is 0. The molecular weight excluding hydrogens is 233 g/mol. The molecule has 0 fully saturated rings. The summed E-state index contributed by atoms with van der Waals surface area (Å²) in [6.07, 6.45) is -0.604. The van der Waals surface area contributed by atoms with Gasteiger partial charge in [-0.3, -0.25) is 0 Å². The predicted octanol–water partition coefficient (Wildman–Crippen LogP) is 1.45. The monoisotopic (exact) mass is 239 g/mol. The molecule has 0 saturated heterocycles. The van der Waals surface area contributed by atoms with E-state index in [9.17, 15) is 26.7 Å². The average molecular weight is 239 g/mol. The number of carbonyl (C=O) groups is 1. The second-order valence-electron chi connectivity index (χ2n) is 3.05. The maximum absolute atomic E-state index is 13.0. The van der Waals surface area contributed by atoms with Crippen molar-refractivity contribution in [1.29, 1.82) is 0 Å². The van der Waals surface area contributed by atoms with E-state index in [0.29, 0.717) is 0 Å². The van der Waals surface area contributed by atoms with Crippen LogP contribution in [0.25, 0.3) is 0 Å². The third-order valence-electron chi connectivity index (χ3n) is 1.92. The zero-order valence-electron chi connectivity index (χ0n) is 7.74. The van der Waals surface area contributed by atoms with Gasteiger partial charge < -0.3 is 10.5 Å². The Morgan fingerprint density at radius 3 is 1.69 bits per heavy atom. The molecule has 0 aromatic heterocycles. The molecule has 88 valence electrons. The minimum absolute atomic E-state index is 0.151. The van der Waals surface area contributed by atoms with E-state index in [1.54, 1.807) is 0 Å². The van der Waals surface area contributed by atoms with E-state index in [1.807, 2.05) is 0 Å². The first-order valence-electron chi connectivity index (χ1n) is 4.11. The zero-order chi connectivity index (χ0) is 12.5. The smallest absolute Gasteiger partial charge is 0.200 e. The first-order chi connectivity index (χ1) is 7.40. The number of hydrogen-bond donors (Lipinski definition) is 1. The van der Waals surface area contributed by atoms with Crippen LogP contribution < -0.4 is 5.73 Å². The molecular formula is C9H6F5NO. The average Bonchev–Trinajstić information content (AvgIpc) is 2.29. The maximum Gasteiger partial charge on any atom is 0.200 e. The molecule has 0 radical (unpaired) electrons. The highest BCUT2D eigenvalue weighted by molar-refractivity contribution is 5.57. The van der Waals surface area contributed by atoms with E-state index < -0.39 is 47.1 Å². The van der Waals surface area contributed by atoms with E-state index in [2.05, 4.69) is 0 Å². The summed E-state index contributed by atoms with van der Waals surface area (Å²) >= 11 is 0. The molecule has 2 N–H and O–H groups in total. The summed E-state index contributed by atoms with van der Waals surface area (Å²) in [5.41, 5.74) is 3.95. The Balaban J connectivity index is 3.33. The number of hydrogen-bond acceptors (Lipinski definition) is 2. The highest BCUT2D eigenvalue weighted by Gasteiger charge is 2.26. The highest BCUT2D eigenvalue weighted by Crippen LogP contribution is 2.23. The third-order valence-corrected chi connectivity index (χ3v) is 1.92. The van der Waals surface area contributed by atoms with Crippen LogP contribution in [0.5, 0.6) is 0 Å². The first kappa shape index (κ1) is 12.6. The predicted molar refractivity (Wildman–Crippen MR) is 44.0 cm³/mol. The molecule has 7 heteroatoms. The fourth-order valence-corrected chi connectivity index (χ4v) is 1.11. The molecule has 0 saturated carbocycles. The Hall–Kier alpha value is -1.50. The van der Waals surface area contributed by atoms with Crippen LogP contribution in [0.1, 0.15) is 5.56 Å². The lowest BCUT2D eigenvalue weighted by Crippen LogP contribution is -2.26. The molecule has 0 unspecified atom stereocenters. The Bertz CT molecular complexity index is 405. The summed E-state index contributed by atoms with van der Waals surface area (Å²) in [5.74, 6) is -10.3. The van der Waals surface area contributed by atoms with E-state index in [0.717, 1.165) is 0 Å². The molecule has 0 bridgehead atoms. The van der Waals surface area contributed by atoms with Gasteiger partial charge in [0, 0.05) is 12.0 Å². The highest BCUT2D eigenvalue weighted by atomic mass is 19.2. The number of aldehydes is 1. The molecule has 2 nitrogen and oxygen atoms in total. The minimum Gasteiger partial charge on any atom is -0.321 e. The van der Waals surface area contributed by atoms with Crippen LogP contribution >= 0.6 is 0 Å². The van der Waals surface area contributed by atoms with Crippen molar-refractivity contribution in [2.45, 2.75) is 12.5 Å². The summed E-state index contributed by atoms with van der Waals surface area (Å²) in [4.78, 5) is 10.1. The molecule has 1 aromatic rings. The number of halogens is 5. The van der Waals surface area contributed by atoms with Crippen molar-refractivity contribution in [1.82, 2.24) is 0 Å². The van der Waals surface area contributed by atoms with Crippen molar-refractivity contribution < 1.29 is 26.7 Å². The Kier molecular flexibility index (Phi) is 3.58. The quantitative estimate of drug-likeness (QED) is 0.375. The maximum atomic E-state index is 13.0. The van der Waals surface area contributed by atoms with Crippen molar-refractivity contribution in [2.24, 2.45) is 5.73 Å². The molecule has 0 aliphatic rings. The van der Waals surface area contributed by atoms with E-state index in [-0.39, 0.29) is 6.29 Å². The Labute approximate surface area is 86.9 Å². The van der Waals surface area contributed by atoms with E-state index in [4.69, 9.17) is 5.73 Å². The van der Waals surface area contributed by atoms with Crippen LogP contribution in [0.15, 0.2) is 0 Å². The van der Waals surface area contributed by atoms with Crippen LogP contribution in [0, 0.1) is 29.1 Å². The standard InChI is InChI=1S/C9H6F5NO/c10-5-4(1-3(15)2-16)6(11)8(13)9(14)7(5)12/h2-3H,1,15H2/t3-/m1/s1. The van der Waals surface area contributed by atoms with Crippen LogP contribution in [-0.2, 0) is 11.2 Å². The number of nitrogens with two attached hydrogens (primary N) is 1. The van der Waals surface area contributed by atoms with Gasteiger partial charge in [0.05, 0.1) is 6.04 Å². The lowest BCUT2D eigenvalue weighted by molar-refractivity contribution is -0.108. The normalized spacial score (nSPS) is 12.6. The molecule has 1 aromatic carbocycles. The largest absolute Gasteiger partial charge is 0.321 e. The first-order valence-corrected chi connectivity index (χ1v) is 4.11. The molecule has 1 atom stereocenters. The van der Waals surface area contributed by atoms with Crippen molar-refractivity contribution in [3.63, 3.8) is 0 Å². The van der Waals surface area contributed by atoms with Gasteiger partial charge in [-0.25, -0.2) is 22.0 Å². The summed E-state index contributed by atoms with van der Waals surface area (Å²) in [5, 5.41) is 0. The lowest BCUT2D eigenvalue weighted by Gasteiger charge is -2.09. The van der Waals surface area contributed by atoms with Gasteiger partial charge in [-0.2, -0.15) is 0 Å². The van der Waals surface area contributed by atoms with Crippen molar-refractivity contribution >= 4 is 6.29 Å². The van der Waals surface area contributed by atoms with Crippen molar-refractivity contribution in [2.75, 3.05) is 0 Å². The van der Waals surface area contributed by atoms with E-state index in [1.165, 1.54) is 0 Å². The van der Waals surface area contributed by atoms with Gasteiger partial charge in [-0.15, -0.1) is 0 Å². The van der Waals surface area contributed by atoms with Gasteiger partial charge in [0.1, 0.15) is 6.29 Å². The van der Waals surface area contributed by atoms with Crippen LogP contribution in [0.2, 0.25) is 0 Å². The van der Waals surface area contributed by atoms with Gasteiger partial charge >= 0.3 is 0 Å². The second-order valence-corrected chi connectivity index (χ2v) is 3.05. The van der Waals surface area contributed by atoms with Gasteiger partial charge in [0.2, 0.25) is 5.82 Å². The van der Waals surface area contributed by atoms with Gasteiger partial charge in [-0.1, -0.05) is 0 Å². The molecule has 1 rings (SSSR count). The third kappa shape index (κ3) is 2.04. The molecule has 0 spiro atoms. The molecule has 0 aliphatic heterocycles. The van der Waals surface area contributed by atoms with Gasteiger partial charge in [0.15, 0.2) is 23.3 Å². The van der Waals surface area contributed by atoms with Crippen LogP contribution in [0.3, 0.4) is 0 Å². The Morgan fingerprint density at radius 2 is 1.31 bits per heavy atom. The number of benzene rings is 1. The molecule has 0 heterocycles. The fraction of sp³-hybridized carbons (Fsp3) is 0.222. The van der Waals surface area contributed by atoms with Gasteiger partial charge in [-0.05, 0) is 0 Å². The number of rotatable bonds is 3. The SMILES string of the molecule is N[C@@H](C=O)Cc1c(F)c(F)c(F)c(F)c1F. The van der Waals surface area contributed by atoms with Crippen LogP contribution in [0.4, 0.5) is 22.0 Å². The van der Waals surface area contributed by atoms with Gasteiger partial charge in [0.25, 0.3) is 0 Å². The zero-order valence-corrected chi connectivity index (χ0v) is 7.74. The van der Waals surface area contributed by atoms with Crippen LogP contribution in [-0.4, -0.2) is 12.3 Å². The van der Waals surface area contributed by atoms with E-state index >= 15 is 0 Å².